The maximum atomic E-state index is 13.8. The number of nitrogens with zero attached hydrogens (tertiary/aromatic N) is 1. The molecule has 3 aromatic rings. The van der Waals surface area contributed by atoms with E-state index >= 15 is 0 Å². The molecule has 0 bridgehead atoms. The normalized spacial score (nSPS) is 13.0. The number of hydrogen-bond donors (Lipinski definition) is 0. The summed E-state index contributed by atoms with van der Waals surface area (Å²) in [6.45, 7) is 3.83. The molecule has 0 atom stereocenters. The summed E-state index contributed by atoms with van der Waals surface area (Å²) in [5.41, 5.74) is 0.164. The number of rotatable bonds is 9. The molecular weight excluding hydrogens is 470 g/mol. The second-order valence-electron chi connectivity index (χ2n) is 7.72. The monoisotopic (exact) mass is 495 g/mol. The molecule has 8 heteroatoms. The zero-order valence-corrected chi connectivity index (χ0v) is 20.4. The topological polar surface area (TPSA) is 88.6 Å². The highest BCUT2D eigenvalue weighted by Gasteiger charge is 2.39. The molecule has 176 valence electrons. The number of benzene rings is 3. The van der Waals surface area contributed by atoms with Crippen LogP contribution < -0.4 is 0 Å². The minimum atomic E-state index is -4.69. The zero-order valence-electron chi connectivity index (χ0n) is 18.8. The fraction of sp³-hybridized carbons (Fsp3) is 0.115. The molecule has 0 aliphatic carbocycles. The summed E-state index contributed by atoms with van der Waals surface area (Å²) in [6, 6.07) is 22.9. The van der Waals surface area contributed by atoms with E-state index in [9.17, 15) is 21.6 Å². The highest BCUT2D eigenvalue weighted by Crippen LogP contribution is 2.32. The molecule has 3 rings (SSSR count). The van der Waals surface area contributed by atoms with Gasteiger partial charge in [0.05, 0.1) is 9.79 Å². The van der Waals surface area contributed by atoms with Gasteiger partial charge < -0.3 is 0 Å². The summed E-state index contributed by atoms with van der Waals surface area (Å²) in [5, 5.41) is 0. The largest absolute Gasteiger partial charge is 0.296 e. The second-order valence-corrected chi connectivity index (χ2v) is 11.5. The number of sulfonamides is 2. The molecule has 0 amide bonds. The minimum absolute atomic E-state index is 0.0662. The van der Waals surface area contributed by atoms with Crippen molar-refractivity contribution in [1.29, 1.82) is 0 Å². The third-order valence-corrected chi connectivity index (χ3v) is 9.02. The van der Waals surface area contributed by atoms with E-state index in [1.807, 2.05) is 13.8 Å². The van der Waals surface area contributed by atoms with E-state index in [2.05, 4.69) is 0 Å². The molecule has 0 radical (unpaired) electrons. The Morgan fingerprint density at radius 1 is 0.706 bits per heavy atom. The fourth-order valence-electron chi connectivity index (χ4n) is 3.21. The molecule has 34 heavy (non-hydrogen) atoms. The summed E-state index contributed by atoms with van der Waals surface area (Å²) in [6.07, 6.45) is 3.63. The molecule has 0 aliphatic rings. The van der Waals surface area contributed by atoms with E-state index in [1.54, 1.807) is 54.6 Å². The Morgan fingerprint density at radius 3 is 1.50 bits per heavy atom. The van der Waals surface area contributed by atoms with Gasteiger partial charge in [0.25, 0.3) is 20.0 Å². The maximum Gasteiger partial charge on any atom is 0.277 e. The van der Waals surface area contributed by atoms with Crippen molar-refractivity contribution in [2.45, 2.75) is 23.6 Å². The summed E-state index contributed by atoms with van der Waals surface area (Å²) in [5.74, 6) is 0.0662. The summed E-state index contributed by atoms with van der Waals surface area (Å²) >= 11 is 0. The van der Waals surface area contributed by atoms with Crippen LogP contribution >= 0.6 is 0 Å². The van der Waals surface area contributed by atoms with Gasteiger partial charge in [0, 0.05) is 5.57 Å². The molecule has 0 unspecified atom stereocenters. The molecule has 0 spiro atoms. The van der Waals surface area contributed by atoms with Crippen molar-refractivity contribution in [3.8, 4) is 0 Å². The van der Waals surface area contributed by atoms with Gasteiger partial charge in [0.1, 0.15) is 5.70 Å². The van der Waals surface area contributed by atoms with Gasteiger partial charge in [-0.1, -0.05) is 92.7 Å². The van der Waals surface area contributed by atoms with Crippen LogP contribution in [0.2, 0.25) is 0 Å². The van der Waals surface area contributed by atoms with Gasteiger partial charge in [0.15, 0.2) is 6.29 Å². The van der Waals surface area contributed by atoms with Crippen LogP contribution in [0.4, 0.5) is 0 Å². The van der Waals surface area contributed by atoms with Crippen LogP contribution in [0, 0.1) is 5.92 Å². The smallest absolute Gasteiger partial charge is 0.277 e. The number of allylic oxidation sites excluding steroid dienone is 4. The van der Waals surface area contributed by atoms with Crippen LogP contribution in [0.1, 0.15) is 19.4 Å². The Kier molecular flexibility index (Phi) is 7.86. The molecule has 0 aromatic heterocycles. The predicted molar refractivity (Wildman–Crippen MR) is 132 cm³/mol. The Hall–Kier alpha value is -3.49. The van der Waals surface area contributed by atoms with Gasteiger partial charge in [-0.2, -0.15) is 3.71 Å². The predicted octanol–water partition coefficient (Wildman–Crippen LogP) is 4.89. The van der Waals surface area contributed by atoms with Crippen molar-refractivity contribution < 1.29 is 21.6 Å². The van der Waals surface area contributed by atoms with Crippen LogP contribution in [0.15, 0.2) is 119 Å². The lowest BCUT2D eigenvalue weighted by Gasteiger charge is -2.25. The lowest BCUT2D eigenvalue weighted by molar-refractivity contribution is -0.105. The third kappa shape index (κ3) is 5.35. The number of aldehydes is 1. The first-order chi connectivity index (χ1) is 16.2. The van der Waals surface area contributed by atoms with Crippen molar-refractivity contribution >= 4 is 31.9 Å². The Labute approximate surface area is 201 Å². The molecule has 0 saturated heterocycles. The van der Waals surface area contributed by atoms with Crippen molar-refractivity contribution in [3.05, 3.63) is 114 Å². The van der Waals surface area contributed by atoms with Gasteiger partial charge in [-0.3, -0.25) is 4.79 Å². The van der Waals surface area contributed by atoms with Crippen molar-refractivity contribution in [1.82, 2.24) is 3.71 Å². The molecular formula is C26H25NO5S2. The molecule has 0 heterocycles. The van der Waals surface area contributed by atoms with E-state index in [4.69, 9.17) is 0 Å². The van der Waals surface area contributed by atoms with Crippen LogP contribution in [0.25, 0.3) is 5.57 Å². The first kappa shape index (κ1) is 25.1. The van der Waals surface area contributed by atoms with Gasteiger partial charge in [-0.25, -0.2) is 16.8 Å². The SMILES string of the molecule is CC(C)/C=C/C(=C(/C=O)N(S(=O)(=O)c1ccccc1)S(=O)(=O)c1ccccc1)c1ccccc1. The molecule has 6 nitrogen and oxygen atoms in total. The first-order valence-corrected chi connectivity index (χ1v) is 13.4. The second kappa shape index (κ2) is 10.6. The molecule has 0 aliphatic heterocycles. The van der Waals surface area contributed by atoms with Gasteiger partial charge >= 0.3 is 0 Å². The van der Waals surface area contributed by atoms with E-state index in [0.717, 1.165) is 0 Å². The van der Waals surface area contributed by atoms with E-state index < -0.39 is 25.7 Å². The van der Waals surface area contributed by atoms with Crippen LogP contribution in [-0.4, -0.2) is 26.8 Å². The maximum absolute atomic E-state index is 13.8. The van der Waals surface area contributed by atoms with Gasteiger partial charge in [-0.15, -0.1) is 0 Å². The summed E-state index contributed by atoms with van der Waals surface area (Å²) < 4.78 is 55.3. The Balaban J connectivity index is 2.43. The Bertz CT molecular complexity index is 1330. The lowest BCUT2D eigenvalue weighted by Crippen LogP contribution is -2.37. The van der Waals surface area contributed by atoms with Crippen LogP contribution in [0.5, 0.6) is 0 Å². The molecule has 0 saturated carbocycles. The van der Waals surface area contributed by atoms with Crippen molar-refractivity contribution in [2.24, 2.45) is 5.92 Å². The first-order valence-electron chi connectivity index (χ1n) is 10.5. The third-order valence-electron chi connectivity index (χ3n) is 4.84. The number of carbonyl (C=O) groups excluding carboxylic acids is 1. The summed E-state index contributed by atoms with van der Waals surface area (Å²) in [4.78, 5) is 12.0. The molecule has 0 fully saturated rings. The number of hydrogen-bond acceptors (Lipinski definition) is 5. The van der Waals surface area contributed by atoms with E-state index in [-0.39, 0.29) is 31.3 Å². The van der Waals surface area contributed by atoms with E-state index in [1.165, 1.54) is 48.5 Å². The van der Waals surface area contributed by atoms with Crippen LogP contribution in [-0.2, 0) is 24.8 Å². The average molecular weight is 496 g/mol. The highest BCUT2D eigenvalue weighted by molar-refractivity contribution is 8.04. The van der Waals surface area contributed by atoms with Crippen LogP contribution in [0.3, 0.4) is 0 Å². The average Bonchev–Trinajstić information content (AvgIpc) is 2.84. The van der Waals surface area contributed by atoms with Crippen molar-refractivity contribution in [2.75, 3.05) is 0 Å². The fourth-order valence-corrected chi connectivity index (χ4v) is 6.94. The van der Waals surface area contributed by atoms with Crippen molar-refractivity contribution in [3.63, 3.8) is 0 Å². The Morgan fingerprint density at radius 2 is 1.12 bits per heavy atom. The standard InChI is InChI=1S/C26H25NO5S2/c1-21(2)18-19-25(22-12-6-3-7-13-22)26(20-28)27(33(29,30)23-14-8-4-9-15-23)34(31,32)24-16-10-5-11-17-24/h3-21H,1-2H3/b19-18+,26-25+. The molecule has 0 N–H and O–H groups in total. The van der Waals surface area contributed by atoms with Gasteiger partial charge in [-0.05, 0) is 35.7 Å². The zero-order chi connectivity index (χ0) is 24.8. The number of carbonyl (C=O) groups is 1. The highest BCUT2D eigenvalue weighted by atomic mass is 32.3. The summed E-state index contributed by atoms with van der Waals surface area (Å²) in [7, 11) is -9.37. The quantitative estimate of drug-likeness (QED) is 0.240. The minimum Gasteiger partial charge on any atom is -0.296 e. The van der Waals surface area contributed by atoms with Gasteiger partial charge in [0.2, 0.25) is 0 Å². The van der Waals surface area contributed by atoms with E-state index in [0.29, 0.717) is 5.56 Å². The molecule has 3 aromatic carbocycles. The lowest BCUT2D eigenvalue weighted by atomic mass is 10.0.